The number of rotatable bonds is 14. The fourth-order valence-corrected chi connectivity index (χ4v) is 3.22. The Bertz CT molecular complexity index is 871. The van der Waals surface area contributed by atoms with Crippen LogP contribution in [0.1, 0.15) is 38.7 Å². The van der Waals surface area contributed by atoms with Gasteiger partial charge in [0.05, 0.1) is 7.11 Å². The molecule has 3 atom stereocenters. The first-order chi connectivity index (χ1) is 16.1. The quantitative estimate of drug-likeness (QED) is 0.225. The monoisotopic (exact) mass is 474 g/mol. The predicted molar refractivity (Wildman–Crippen MR) is 126 cm³/mol. The van der Waals surface area contributed by atoms with E-state index < -0.39 is 47.7 Å². The lowest BCUT2D eigenvalue weighted by molar-refractivity contribution is -0.145. The van der Waals surface area contributed by atoms with E-state index in [2.05, 4.69) is 22.5 Å². The molecule has 34 heavy (non-hydrogen) atoms. The van der Waals surface area contributed by atoms with Crippen molar-refractivity contribution < 1.29 is 28.7 Å². The lowest BCUT2D eigenvalue weighted by Gasteiger charge is -2.25. The van der Waals surface area contributed by atoms with Crippen LogP contribution in [-0.4, -0.2) is 54.8 Å². The number of nitrogens with one attached hydrogen (secondary N) is 3. The largest absolute Gasteiger partial charge is 0.467 e. The molecule has 0 radical (unpaired) electrons. The molecule has 10 nitrogen and oxygen atoms in total. The van der Waals surface area contributed by atoms with Crippen molar-refractivity contribution in [3.8, 4) is 0 Å². The van der Waals surface area contributed by atoms with Crippen LogP contribution in [-0.2, 0) is 35.1 Å². The molecule has 1 rings (SSSR count). The van der Waals surface area contributed by atoms with Gasteiger partial charge in [-0.3, -0.25) is 19.2 Å². The van der Waals surface area contributed by atoms with Crippen LogP contribution in [0, 0.1) is 5.92 Å². The van der Waals surface area contributed by atoms with Gasteiger partial charge in [0, 0.05) is 12.8 Å². The lowest BCUT2D eigenvalue weighted by atomic mass is 10.0. The summed E-state index contributed by atoms with van der Waals surface area (Å²) >= 11 is 0. The summed E-state index contributed by atoms with van der Waals surface area (Å²) < 4.78 is 4.71. The van der Waals surface area contributed by atoms with Crippen LogP contribution in [0.4, 0.5) is 0 Å². The number of primary amides is 1. The number of ether oxygens (including phenoxy) is 1. The zero-order chi connectivity index (χ0) is 25.7. The summed E-state index contributed by atoms with van der Waals surface area (Å²) in [5, 5.41) is 7.81. The van der Waals surface area contributed by atoms with Crippen molar-refractivity contribution in [3.63, 3.8) is 0 Å². The summed E-state index contributed by atoms with van der Waals surface area (Å²) in [5.74, 6) is -2.99. The van der Waals surface area contributed by atoms with Gasteiger partial charge in [0.1, 0.15) is 18.1 Å². The Morgan fingerprint density at radius 2 is 1.56 bits per heavy atom. The third-order valence-electron chi connectivity index (χ3n) is 4.92. The Kier molecular flexibility index (Phi) is 12.1. The lowest BCUT2D eigenvalue weighted by Crippen LogP contribution is -2.56. The summed E-state index contributed by atoms with van der Waals surface area (Å²) in [5.41, 5.74) is 5.93. The molecule has 186 valence electrons. The first kappa shape index (κ1) is 28.3. The highest BCUT2D eigenvalue weighted by Gasteiger charge is 2.30. The zero-order valence-corrected chi connectivity index (χ0v) is 19.8. The van der Waals surface area contributed by atoms with Gasteiger partial charge in [-0.05, 0) is 30.4 Å². The van der Waals surface area contributed by atoms with Crippen LogP contribution < -0.4 is 21.7 Å². The molecule has 4 amide bonds. The SMILES string of the molecule is C=CC(=O)N[C@@H](CC(C)C)C(=O)N[C@@H](Cc1ccccc1)C(=O)N[C@@H](CCC(N)=O)C(=O)OC. The number of carbonyl (C=O) groups excluding carboxylic acids is 5. The fourth-order valence-electron chi connectivity index (χ4n) is 3.22. The number of amides is 4. The van der Waals surface area contributed by atoms with Crippen LogP contribution in [0.2, 0.25) is 0 Å². The molecule has 0 saturated carbocycles. The van der Waals surface area contributed by atoms with E-state index in [-0.39, 0.29) is 25.2 Å². The molecule has 0 aliphatic heterocycles. The highest BCUT2D eigenvalue weighted by atomic mass is 16.5. The molecule has 0 unspecified atom stereocenters. The summed E-state index contributed by atoms with van der Waals surface area (Å²) in [7, 11) is 1.16. The van der Waals surface area contributed by atoms with E-state index >= 15 is 0 Å². The third-order valence-corrected chi connectivity index (χ3v) is 4.92. The first-order valence-corrected chi connectivity index (χ1v) is 11.0. The van der Waals surface area contributed by atoms with Gasteiger partial charge in [-0.1, -0.05) is 50.8 Å². The van der Waals surface area contributed by atoms with E-state index in [4.69, 9.17) is 10.5 Å². The van der Waals surface area contributed by atoms with Crippen molar-refractivity contribution in [1.29, 1.82) is 0 Å². The van der Waals surface area contributed by atoms with E-state index in [9.17, 15) is 24.0 Å². The second kappa shape index (κ2) is 14.5. The maximum absolute atomic E-state index is 13.1. The Balaban J connectivity index is 3.12. The maximum atomic E-state index is 13.1. The summed E-state index contributed by atoms with van der Waals surface area (Å²) in [6.07, 6.45) is 1.35. The van der Waals surface area contributed by atoms with Gasteiger partial charge in [0.25, 0.3) is 0 Å². The Morgan fingerprint density at radius 3 is 2.09 bits per heavy atom. The first-order valence-electron chi connectivity index (χ1n) is 11.0. The van der Waals surface area contributed by atoms with Crippen LogP contribution in [0.25, 0.3) is 0 Å². The van der Waals surface area contributed by atoms with Crippen LogP contribution in [0.3, 0.4) is 0 Å². The number of methoxy groups -OCH3 is 1. The molecule has 0 aliphatic carbocycles. The molecular weight excluding hydrogens is 440 g/mol. The maximum Gasteiger partial charge on any atom is 0.328 e. The van der Waals surface area contributed by atoms with Crippen molar-refractivity contribution in [1.82, 2.24) is 16.0 Å². The zero-order valence-electron chi connectivity index (χ0n) is 19.8. The molecular formula is C24H34N4O6. The van der Waals surface area contributed by atoms with Crippen LogP contribution in [0.5, 0.6) is 0 Å². The minimum absolute atomic E-state index is 0.0505. The normalized spacial score (nSPS) is 13.2. The van der Waals surface area contributed by atoms with Gasteiger partial charge in [-0.25, -0.2) is 4.79 Å². The number of benzene rings is 1. The van der Waals surface area contributed by atoms with Gasteiger partial charge in [0.15, 0.2) is 0 Å². The van der Waals surface area contributed by atoms with Gasteiger partial charge in [0.2, 0.25) is 23.6 Å². The van der Waals surface area contributed by atoms with Gasteiger partial charge >= 0.3 is 5.97 Å². The van der Waals surface area contributed by atoms with E-state index in [1.165, 1.54) is 0 Å². The molecule has 0 aliphatic rings. The number of esters is 1. The van der Waals surface area contributed by atoms with Crippen molar-refractivity contribution >= 4 is 29.6 Å². The van der Waals surface area contributed by atoms with E-state index in [0.29, 0.717) is 6.42 Å². The second-order valence-electron chi connectivity index (χ2n) is 8.24. The molecule has 10 heteroatoms. The summed E-state index contributed by atoms with van der Waals surface area (Å²) in [4.78, 5) is 61.3. The highest BCUT2D eigenvalue weighted by molar-refractivity contribution is 5.95. The number of hydrogen-bond acceptors (Lipinski definition) is 6. The van der Waals surface area contributed by atoms with Crippen molar-refractivity contribution in [2.75, 3.05) is 7.11 Å². The van der Waals surface area contributed by atoms with Crippen molar-refractivity contribution in [2.45, 2.75) is 57.7 Å². The van der Waals surface area contributed by atoms with Gasteiger partial charge in [-0.15, -0.1) is 0 Å². The molecule has 0 spiro atoms. The fraction of sp³-hybridized carbons (Fsp3) is 0.458. The molecule has 0 bridgehead atoms. The minimum Gasteiger partial charge on any atom is -0.467 e. The van der Waals surface area contributed by atoms with E-state index in [1.54, 1.807) is 24.3 Å². The predicted octanol–water partition coefficient (Wildman–Crippen LogP) is 0.354. The standard InChI is InChI=1S/C24H34N4O6/c1-5-21(30)26-18(13-15(2)3)22(31)28-19(14-16-9-7-6-8-10-16)23(32)27-17(24(33)34-4)11-12-20(25)29/h5-10,15,17-19H,1,11-14H2,2-4H3,(H2,25,29)(H,26,30)(H,27,32)(H,28,31)/t17-,18-,19-/m0/s1. The highest BCUT2D eigenvalue weighted by Crippen LogP contribution is 2.09. The Labute approximate surface area is 199 Å². The number of carbonyl (C=O) groups is 5. The topological polar surface area (TPSA) is 157 Å². The number of nitrogens with two attached hydrogens (primary N) is 1. The third kappa shape index (κ3) is 10.3. The minimum atomic E-state index is -1.12. The van der Waals surface area contributed by atoms with E-state index in [0.717, 1.165) is 18.7 Å². The molecule has 0 saturated heterocycles. The summed E-state index contributed by atoms with van der Waals surface area (Å²) in [6, 6.07) is 5.92. The van der Waals surface area contributed by atoms with Crippen molar-refractivity contribution in [3.05, 3.63) is 48.6 Å². The van der Waals surface area contributed by atoms with Crippen LogP contribution in [0.15, 0.2) is 43.0 Å². The van der Waals surface area contributed by atoms with Crippen molar-refractivity contribution in [2.24, 2.45) is 11.7 Å². The molecule has 5 N–H and O–H groups in total. The molecule has 0 aromatic heterocycles. The van der Waals surface area contributed by atoms with Crippen LogP contribution >= 0.6 is 0 Å². The molecule has 1 aromatic rings. The Hall–Kier alpha value is -3.69. The van der Waals surface area contributed by atoms with E-state index in [1.807, 2.05) is 19.9 Å². The van der Waals surface area contributed by atoms with Gasteiger partial charge < -0.3 is 26.4 Å². The average molecular weight is 475 g/mol. The number of hydrogen-bond donors (Lipinski definition) is 4. The second-order valence-corrected chi connectivity index (χ2v) is 8.24. The molecule has 1 aromatic carbocycles. The summed E-state index contributed by atoms with van der Waals surface area (Å²) in [6.45, 7) is 7.19. The molecule has 0 heterocycles. The molecule has 0 fully saturated rings. The van der Waals surface area contributed by atoms with Gasteiger partial charge in [-0.2, -0.15) is 0 Å². The average Bonchev–Trinajstić information content (AvgIpc) is 2.80. The smallest absolute Gasteiger partial charge is 0.328 e. The Morgan fingerprint density at radius 1 is 0.971 bits per heavy atom.